The lowest BCUT2D eigenvalue weighted by atomic mass is 9.84. The van der Waals surface area contributed by atoms with Crippen LogP contribution in [0.1, 0.15) is 64.0 Å². The number of guanidine groups is 2. The predicted octanol–water partition coefficient (Wildman–Crippen LogP) is 2.97. The van der Waals surface area contributed by atoms with E-state index in [1.807, 2.05) is 17.0 Å². The smallest absolute Gasteiger partial charge is 0.220 e. The molecule has 0 bridgehead atoms. The second-order valence-electron chi connectivity index (χ2n) is 7.91. The minimum absolute atomic E-state index is 0.0310. The molecule has 3 rings (SSSR count). The molecule has 1 aromatic rings. The summed E-state index contributed by atoms with van der Waals surface area (Å²) in [5, 5.41) is 9.75. The van der Waals surface area contributed by atoms with Crippen LogP contribution >= 0.6 is 0 Å². The van der Waals surface area contributed by atoms with Crippen molar-refractivity contribution in [2.45, 2.75) is 64.0 Å². The Morgan fingerprint density at radius 2 is 1.84 bits per heavy atom. The van der Waals surface area contributed by atoms with E-state index >= 15 is 0 Å². The van der Waals surface area contributed by atoms with Gasteiger partial charge in [-0.05, 0) is 48.8 Å². The molecule has 1 spiro atoms. The van der Waals surface area contributed by atoms with Crippen LogP contribution in [-0.2, 0) is 5.41 Å². The molecule has 0 radical (unpaired) electrons. The zero-order valence-electron chi connectivity index (χ0n) is 15.2. The Kier molecular flexibility index (Phi) is 4.19. The van der Waals surface area contributed by atoms with Gasteiger partial charge in [0.2, 0.25) is 11.9 Å². The zero-order valence-corrected chi connectivity index (χ0v) is 15.2. The van der Waals surface area contributed by atoms with Crippen LogP contribution in [0.4, 0.5) is 5.69 Å². The molecule has 1 aromatic carbocycles. The van der Waals surface area contributed by atoms with Crippen LogP contribution < -0.4 is 16.4 Å². The lowest BCUT2D eigenvalue weighted by Crippen LogP contribution is -2.58. The summed E-state index contributed by atoms with van der Waals surface area (Å²) < 4.78 is 0. The fourth-order valence-electron chi connectivity index (χ4n) is 3.76. The van der Waals surface area contributed by atoms with Gasteiger partial charge in [-0.2, -0.15) is 10.3 Å². The molecule has 25 heavy (non-hydrogen) atoms. The highest BCUT2D eigenvalue weighted by Gasteiger charge is 2.43. The van der Waals surface area contributed by atoms with E-state index in [9.17, 15) is 5.26 Å². The molecule has 2 aliphatic rings. The third-order valence-electron chi connectivity index (χ3n) is 5.08. The van der Waals surface area contributed by atoms with Crippen molar-refractivity contribution >= 4 is 17.6 Å². The first-order chi connectivity index (χ1) is 11.8. The van der Waals surface area contributed by atoms with Crippen LogP contribution in [-0.4, -0.2) is 17.6 Å². The molecule has 6 heteroatoms. The molecule has 1 heterocycles. The van der Waals surface area contributed by atoms with E-state index in [2.05, 4.69) is 42.9 Å². The predicted molar refractivity (Wildman–Crippen MR) is 101 cm³/mol. The Labute approximate surface area is 149 Å². The normalized spacial score (nSPS) is 20.0. The van der Waals surface area contributed by atoms with Crippen molar-refractivity contribution in [1.29, 1.82) is 5.26 Å². The molecule has 0 atom stereocenters. The molecule has 0 amide bonds. The van der Waals surface area contributed by atoms with E-state index in [-0.39, 0.29) is 11.4 Å². The number of nitrogens with two attached hydrogens (primary N) is 2. The lowest BCUT2D eigenvalue weighted by Gasteiger charge is -2.46. The summed E-state index contributed by atoms with van der Waals surface area (Å²) in [6.45, 7) is 6.40. The van der Waals surface area contributed by atoms with E-state index in [0.29, 0.717) is 11.5 Å². The first-order valence-electron chi connectivity index (χ1n) is 8.81. The van der Waals surface area contributed by atoms with E-state index in [0.717, 1.165) is 36.9 Å². The Hall–Kier alpha value is -2.55. The van der Waals surface area contributed by atoms with Crippen LogP contribution in [0.25, 0.3) is 0 Å². The minimum Gasteiger partial charge on any atom is -0.369 e. The Morgan fingerprint density at radius 3 is 2.44 bits per heavy atom. The van der Waals surface area contributed by atoms with Crippen LogP contribution in [0.3, 0.4) is 0 Å². The summed E-state index contributed by atoms with van der Waals surface area (Å²) in [4.78, 5) is 10.8. The molecule has 1 aliphatic heterocycles. The van der Waals surface area contributed by atoms with Gasteiger partial charge in [-0.15, -0.1) is 0 Å². The molecule has 0 unspecified atom stereocenters. The summed E-state index contributed by atoms with van der Waals surface area (Å²) in [7, 11) is 0. The number of nitriles is 1. The number of aliphatic imine (C=N–C) groups is 2. The fourth-order valence-corrected chi connectivity index (χ4v) is 3.76. The number of rotatable bonds is 1. The second kappa shape index (κ2) is 6.07. The first kappa shape index (κ1) is 17.3. The number of hydrogen-bond acceptors (Lipinski definition) is 6. The molecule has 4 N–H and O–H groups in total. The largest absolute Gasteiger partial charge is 0.369 e. The standard InChI is InChI=1S/C19H26N6/c1-18(2,3)14-7-8-15(13(11-14)12-20)25-17(22)23-16(21)24-19(25)9-5-4-6-10-19/h7-8,11H,4-6,9-10H2,1-3H3,(H4,21,22,23,24). The van der Waals surface area contributed by atoms with Crippen molar-refractivity contribution in [3.05, 3.63) is 29.3 Å². The zero-order chi connectivity index (χ0) is 18.2. The molecular weight excluding hydrogens is 312 g/mol. The van der Waals surface area contributed by atoms with E-state index < -0.39 is 5.66 Å². The quantitative estimate of drug-likeness (QED) is 0.821. The molecule has 6 nitrogen and oxygen atoms in total. The Bertz CT molecular complexity index is 772. The summed E-state index contributed by atoms with van der Waals surface area (Å²) in [5.41, 5.74) is 14.1. The van der Waals surface area contributed by atoms with Crippen LogP contribution in [0.2, 0.25) is 0 Å². The number of benzene rings is 1. The minimum atomic E-state index is -0.525. The van der Waals surface area contributed by atoms with Gasteiger partial charge >= 0.3 is 0 Å². The van der Waals surface area contributed by atoms with Crippen LogP contribution in [0, 0.1) is 11.3 Å². The van der Waals surface area contributed by atoms with Crippen LogP contribution in [0.15, 0.2) is 28.2 Å². The fraction of sp³-hybridized carbons (Fsp3) is 0.526. The molecule has 132 valence electrons. The first-order valence-corrected chi connectivity index (χ1v) is 8.81. The van der Waals surface area contributed by atoms with Gasteiger partial charge < -0.3 is 11.5 Å². The van der Waals surface area contributed by atoms with Crippen molar-refractivity contribution < 1.29 is 0 Å². The average molecular weight is 338 g/mol. The van der Waals surface area contributed by atoms with Crippen molar-refractivity contribution in [3.63, 3.8) is 0 Å². The van der Waals surface area contributed by atoms with Gasteiger partial charge in [-0.1, -0.05) is 33.3 Å². The van der Waals surface area contributed by atoms with E-state index in [4.69, 9.17) is 11.5 Å². The maximum absolute atomic E-state index is 9.75. The Morgan fingerprint density at radius 1 is 1.16 bits per heavy atom. The third kappa shape index (κ3) is 3.07. The summed E-state index contributed by atoms with van der Waals surface area (Å²) in [5.74, 6) is 0.537. The van der Waals surface area contributed by atoms with Gasteiger partial charge in [0.1, 0.15) is 11.7 Å². The van der Waals surface area contributed by atoms with Gasteiger partial charge in [-0.3, -0.25) is 4.90 Å². The SMILES string of the molecule is CC(C)(C)c1ccc(N2C(N)=NC(N)=NC23CCCCC3)c(C#N)c1. The second-order valence-corrected chi connectivity index (χ2v) is 7.91. The maximum atomic E-state index is 9.75. The van der Waals surface area contributed by atoms with Crippen molar-refractivity contribution in [3.8, 4) is 6.07 Å². The molecule has 1 saturated carbocycles. The van der Waals surface area contributed by atoms with Gasteiger partial charge in [0.15, 0.2) is 0 Å². The van der Waals surface area contributed by atoms with E-state index in [1.54, 1.807) is 0 Å². The van der Waals surface area contributed by atoms with Crippen LogP contribution in [0.5, 0.6) is 0 Å². The average Bonchev–Trinajstić information content (AvgIpc) is 2.54. The highest BCUT2D eigenvalue weighted by molar-refractivity contribution is 6.06. The molecular formula is C19H26N6. The third-order valence-corrected chi connectivity index (χ3v) is 5.08. The molecule has 1 fully saturated rings. The van der Waals surface area contributed by atoms with E-state index in [1.165, 1.54) is 6.42 Å². The van der Waals surface area contributed by atoms with Gasteiger partial charge in [-0.25, -0.2) is 4.99 Å². The number of anilines is 1. The number of nitrogens with zero attached hydrogens (tertiary/aromatic N) is 4. The lowest BCUT2D eigenvalue weighted by molar-refractivity contribution is 0.305. The van der Waals surface area contributed by atoms with Gasteiger partial charge in [0.05, 0.1) is 11.3 Å². The number of hydrogen-bond donors (Lipinski definition) is 2. The monoisotopic (exact) mass is 338 g/mol. The highest BCUT2D eigenvalue weighted by atomic mass is 15.4. The summed E-state index contributed by atoms with van der Waals surface area (Å²) >= 11 is 0. The van der Waals surface area contributed by atoms with Gasteiger partial charge in [0, 0.05) is 0 Å². The molecule has 0 aromatic heterocycles. The molecule has 1 aliphatic carbocycles. The summed E-state index contributed by atoms with van der Waals surface area (Å²) in [6, 6.07) is 8.30. The van der Waals surface area contributed by atoms with Gasteiger partial charge in [0.25, 0.3) is 0 Å². The van der Waals surface area contributed by atoms with Crippen molar-refractivity contribution in [2.75, 3.05) is 4.90 Å². The summed E-state index contributed by atoms with van der Waals surface area (Å²) in [6.07, 6.45) is 5.01. The highest BCUT2D eigenvalue weighted by Crippen LogP contribution is 2.41. The Balaban J connectivity index is 2.13. The van der Waals surface area contributed by atoms with Crippen molar-refractivity contribution in [1.82, 2.24) is 0 Å². The maximum Gasteiger partial charge on any atom is 0.220 e. The van der Waals surface area contributed by atoms with Crippen molar-refractivity contribution in [2.24, 2.45) is 21.5 Å². The molecule has 0 saturated heterocycles. The topological polar surface area (TPSA) is 104 Å².